The highest BCUT2D eigenvalue weighted by molar-refractivity contribution is 9.09. The second kappa shape index (κ2) is 7.36. The minimum atomic E-state index is -0.499. The van der Waals surface area contributed by atoms with Crippen LogP contribution in [0.25, 0.3) is 0 Å². The van der Waals surface area contributed by atoms with Gasteiger partial charge in [-0.15, -0.1) is 11.6 Å². The topological polar surface area (TPSA) is 58.2 Å². The van der Waals surface area contributed by atoms with Gasteiger partial charge in [-0.05, 0) is 0 Å². The van der Waals surface area contributed by atoms with E-state index in [9.17, 15) is 9.59 Å². The maximum atomic E-state index is 10.8. The lowest BCUT2D eigenvalue weighted by atomic mass is 10.4. The molecule has 0 aliphatic heterocycles. The van der Waals surface area contributed by atoms with Crippen LogP contribution >= 0.6 is 27.5 Å². The molecule has 0 spiro atoms. The first-order valence-electron chi connectivity index (χ1n) is 3.40. The van der Waals surface area contributed by atoms with Gasteiger partial charge in [0.25, 0.3) is 0 Å². The van der Waals surface area contributed by atoms with Crippen LogP contribution in [0.2, 0.25) is 0 Å². The van der Waals surface area contributed by atoms with Crippen LogP contribution in [0.4, 0.5) is 4.79 Å². The van der Waals surface area contributed by atoms with E-state index in [1.54, 1.807) is 0 Å². The molecule has 70 valence electrons. The minimum Gasteiger partial charge on any atom is -0.337 e. The zero-order valence-corrected chi connectivity index (χ0v) is 8.74. The van der Waals surface area contributed by atoms with Crippen LogP contribution in [-0.4, -0.2) is 29.7 Å². The molecule has 4 nitrogen and oxygen atoms in total. The molecule has 0 saturated heterocycles. The number of hydrogen-bond acceptors (Lipinski definition) is 2. The van der Waals surface area contributed by atoms with Crippen LogP contribution < -0.4 is 10.6 Å². The number of urea groups is 1. The summed E-state index contributed by atoms with van der Waals surface area (Å²) in [4.78, 5) is 21.6. The normalized spacial score (nSPS) is 9.17. The average molecular weight is 258 g/mol. The lowest BCUT2D eigenvalue weighted by molar-refractivity contribution is -0.119. The van der Waals surface area contributed by atoms with E-state index in [0.717, 1.165) is 0 Å². The fourth-order valence-corrected chi connectivity index (χ4v) is 0.935. The van der Waals surface area contributed by atoms with Gasteiger partial charge in [0.2, 0.25) is 5.91 Å². The predicted molar refractivity (Wildman–Crippen MR) is 50.7 cm³/mol. The van der Waals surface area contributed by atoms with Crippen LogP contribution in [0.5, 0.6) is 0 Å². The van der Waals surface area contributed by atoms with Crippen LogP contribution in [-0.2, 0) is 4.79 Å². The molecule has 12 heavy (non-hydrogen) atoms. The van der Waals surface area contributed by atoms with E-state index < -0.39 is 6.03 Å². The van der Waals surface area contributed by atoms with Crippen LogP contribution in [0.1, 0.15) is 6.42 Å². The molecule has 6 heteroatoms. The molecule has 0 aliphatic carbocycles. The van der Waals surface area contributed by atoms with Crippen molar-refractivity contribution in [3.05, 3.63) is 0 Å². The van der Waals surface area contributed by atoms with Crippen molar-refractivity contribution in [3.8, 4) is 0 Å². The van der Waals surface area contributed by atoms with Crippen molar-refractivity contribution in [2.75, 3.05) is 17.8 Å². The molecule has 0 aromatic carbocycles. The first kappa shape index (κ1) is 11.7. The van der Waals surface area contributed by atoms with E-state index in [-0.39, 0.29) is 12.3 Å². The molecule has 0 aromatic rings. The van der Waals surface area contributed by atoms with E-state index in [1.165, 1.54) is 0 Å². The van der Waals surface area contributed by atoms with Gasteiger partial charge in [0.1, 0.15) is 0 Å². The zero-order valence-electron chi connectivity index (χ0n) is 6.40. The van der Waals surface area contributed by atoms with E-state index in [1.807, 2.05) is 0 Å². The van der Waals surface area contributed by atoms with Crippen molar-refractivity contribution >= 4 is 39.5 Å². The Morgan fingerprint density at radius 2 is 2.08 bits per heavy atom. The van der Waals surface area contributed by atoms with E-state index in [0.29, 0.717) is 17.8 Å². The second-order valence-corrected chi connectivity index (χ2v) is 3.10. The Bertz CT molecular complexity index is 166. The summed E-state index contributed by atoms with van der Waals surface area (Å²) in [6.45, 7) is 0.356. The van der Waals surface area contributed by atoms with Crippen molar-refractivity contribution in [2.45, 2.75) is 6.42 Å². The SMILES string of the molecule is O=C(CCBr)NC(=O)NCCCl. The molecule has 0 rings (SSSR count). The maximum Gasteiger partial charge on any atom is 0.321 e. The van der Waals surface area contributed by atoms with Crippen LogP contribution in [0, 0.1) is 0 Å². The number of halogens is 2. The molecular formula is C6H10BrClN2O2. The molecule has 0 radical (unpaired) electrons. The first-order chi connectivity index (χ1) is 5.70. The molecule has 0 aliphatic rings. The van der Waals surface area contributed by atoms with Gasteiger partial charge in [-0.2, -0.15) is 0 Å². The van der Waals surface area contributed by atoms with Gasteiger partial charge < -0.3 is 5.32 Å². The number of carbonyl (C=O) groups is 2. The Labute approximate surface area is 84.2 Å². The molecule has 2 N–H and O–H groups in total. The summed E-state index contributed by atoms with van der Waals surface area (Å²) >= 11 is 8.39. The highest BCUT2D eigenvalue weighted by atomic mass is 79.9. The Kier molecular flexibility index (Phi) is 7.19. The fourth-order valence-electron chi connectivity index (χ4n) is 0.480. The van der Waals surface area contributed by atoms with E-state index in [4.69, 9.17) is 11.6 Å². The van der Waals surface area contributed by atoms with Crippen molar-refractivity contribution in [2.24, 2.45) is 0 Å². The summed E-state index contributed by atoms with van der Waals surface area (Å²) in [5.41, 5.74) is 0. The Morgan fingerprint density at radius 3 is 2.58 bits per heavy atom. The molecule has 3 amide bonds. The number of amides is 3. The standard InChI is InChI=1S/C6H10BrClN2O2/c7-2-1-5(11)10-6(12)9-4-3-8/h1-4H2,(H2,9,10,11,12). The number of alkyl halides is 2. The minimum absolute atomic E-state index is 0.286. The maximum absolute atomic E-state index is 10.8. The van der Waals surface area contributed by atoms with Crippen LogP contribution in [0.15, 0.2) is 0 Å². The van der Waals surface area contributed by atoms with Crippen LogP contribution in [0.3, 0.4) is 0 Å². The highest BCUT2D eigenvalue weighted by Gasteiger charge is 2.04. The summed E-state index contributed by atoms with van der Waals surface area (Å²) in [6, 6.07) is -0.499. The average Bonchev–Trinajstić information content (AvgIpc) is 2.01. The van der Waals surface area contributed by atoms with Gasteiger partial charge in [-0.1, -0.05) is 15.9 Å². The van der Waals surface area contributed by atoms with Crippen molar-refractivity contribution in [1.82, 2.24) is 10.6 Å². The summed E-state index contributed by atoms with van der Waals surface area (Å²) in [5, 5.41) is 5.08. The molecule has 0 heterocycles. The van der Waals surface area contributed by atoms with Crippen molar-refractivity contribution in [3.63, 3.8) is 0 Å². The number of imide groups is 1. The molecule has 0 unspecified atom stereocenters. The molecular weight excluding hydrogens is 247 g/mol. The number of nitrogens with one attached hydrogen (secondary N) is 2. The quantitative estimate of drug-likeness (QED) is 0.733. The Balaban J connectivity index is 3.47. The largest absolute Gasteiger partial charge is 0.337 e. The summed E-state index contributed by atoms with van der Waals surface area (Å²) in [5.74, 6) is 0.0269. The molecule has 0 fully saturated rings. The third kappa shape index (κ3) is 6.42. The van der Waals surface area contributed by atoms with E-state index in [2.05, 4.69) is 26.6 Å². The Morgan fingerprint density at radius 1 is 1.42 bits per heavy atom. The summed E-state index contributed by atoms with van der Waals surface area (Å²) in [7, 11) is 0. The van der Waals surface area contributed by atoms with Crippen molar-refractivity contribution in [1.29, 1.82) is 0 Å². The van der Waals surface area contributed by atoms with Gasteiger partial charge in [0.15, 0.2) is 0 Å². The third-order valence-corrected chi connectivity index (χ3v) is 1.54. The fraction of sp³-hybridized carbons (Fsp3) is 0.667. The van der Waals surface area contributed by atoms with Gasteiger partial charge >= 0.3 is 6.03 Å². The number of rotatable bonds is 4. The second-order valence-electron chi connectivity index (χ2n) is 1.93. The van der Waals surface area contributed by atoms with E-state index >= 15 is 0 Å². The molecule has 0 bridgehead atoms. The predicted octanol–water partition coefficient (Wildman–Crippen LogP) is 0.836. The molecule has 0 saturated carbocycles. The van der Waals surface area contributed by atoms with Gasteiger partial charge in [-0.3, -0.25) is 10.1 Å². The molecule has 0 aromatic heterocycles. The van der Waals surface area contributed by atoms with Crippen molar-refractivity contribution < 1.29 is 9.59 Å². The highest BCUT2D eigenvalue weighted by Crippen LogP contribution is 1.86. The molecule has 0 atom stereocenters. The van der Waals surface area contributed by atoms with Gasteiger partial charge in [0.05, 0.1) is 0 Å². The summed E-state index contributed by atoms with van der Waals surface area (Å²) < 4.78 is 0. The number of carbonyl (C=O) groups excluding carboxylic acids is 2. The first-order valence-corrected chi connectivity index (χ1v) is 5.06. The zero-order chi connectivity index (χ0) is 9.40. The third-order valence-electron chi connectivity index (χ3n) is 0.955. The summed E-state index contributed by atoms with van der Waals surface area (Å²) in [6.07, 6.45) is 0.286. The number of hydrogen-bond donors (Lipinski definition) is 2. The smallest absolute Gasteiger partial charge is 0.321 e. The monoisotopic (exact) mass is 256 g/mol. The lowest BCUT2D eigenvalue weighted by Crippen LogP contribution is -2.40. The lowest BCUT2D eigenvalue weighted by Gasteiger charge is -2.03. The Hall–Kier alpha value is -0.290. The van der Waals surface area contributed by atoms with Gasteiger partial charge in [-0.25, -0.2) is 4.79 Å². The van der Waals surface area contributed by atoms with Gasteiger partial charge in [0, 0.05) is 24.2 Å².